The van der Waals surface area contributed by atoms with Crippen molar-refractivity contribution in [3.8, 4) is 0 Å². The van der Waals surface area contributed by atoms with Gasteiger partial charge < -0.3 is 10.6 Å². The number of hydrogen-bond acceptors (Lipinski definition) is 2. The van der Waals surface area contributed by atoms with Crippen molar-refractivity contribution in [2.75, 3.05) is 6.54 Å². The van der Waals surface area contributed by atoms with Crippen LogP contribution in [0.3, 0.4) is 0 Å². The molecule has 0 aromatic rings. The Labute approximate surface area is 98.4 Å². The molecule has 3 atom stereocenters. The van der Waals surface area contributed by atoms with Gasteiger partial charge in [0.2, 0.25) is 5.91 Å². The molecule has 92 valence electrons. The van der Waals surface area contributed by atoms with E-state index in [-0.39, 0.29) is 11.9 Å². The predicted molar refractivity (Wildman–Crippen MR) is 65.2 cm³/mol. The van der Waals surface area contributed by atoms with Crippen LogP contribution in [0.4, 0.5) is 0 Å². The molecule has 2 rings (SSSR count). The zero-order valence-corrected chi connectivity index (χ0v) is 10.3. The lowest BCUT2D eigenvalue weighted by Gasteiger charge is -2.29. The van der Waals surface area contributed by atoms with Crippen molar-refractivity contribution in [3.05, 3.63) is 0 Å². The Morgan fingerprint density at radius 3 is 2.88 bits per heavy atom. The number of hydrogen-bond donors (Lipinski definition) is 2. The highest BCUT2D eigenvalue weighted by molar-refractivity contribution is 5.82. The quantitative estimate of drug-likeness (QED) is 0.768. The third kappa shape index (κ3) is 2.97. The zero-order valence-electron chi connectivity index (χ0n) is 10.3. The zero-order chi connectivity index (χ0) is 11.4. The first-order valence-electron chi connectivity index (χ1n) is 6.83. The fourth-order valence-corrected chi connectivity index (χ4v) is 3.00. The molecule has 0 aromatic carbocycles. The number of nitrogens with one attached hydrogen (secondary N) is 2. The second-order valence-electron chi connectivity index (χ2n) is 5.30. The van der Waals surface area contributed by atoms with Crippen LogP contribution in [0.25, 0.3) is 0 Å². The van der Waals surface area contributed by atoms with Crippen LogP contribution in [0.5, 0.6) is 0 Å². The summed E-state index contributed by atoms with van der Waals surface area (Å²) >= 11 is 0. The van der Waals surface area contributed by atoms with Gasteiger partial charge in [-0.1, -0.05) is 26.2 Å². The molecule has 1 aliphatic heterocycles. The van der Waals surface area contributed by atoms with Crippen LogP contribution < -0.4 is 10.6 Å². The van der Waals surface area contributed by atoms with Crippen molar-refractivity contribution in [2.45, 2.75) is 64.0 Å². The number of rotatable bonds is 3. The van der Waals surface area contributed by atoms with E-state index >= 15 is 0 Å². The summed E-state index contributed by atoms with van der Waals surface area (Å²) in [6.45, 7) is 3.26. The van der Waals surface area contributed by atoms with Gasteiger partial charge in [-0.25, -0.2) is 0 Å². The molecule has 2 fully saturated rings. The Hall–Kier alpha value is -0.570. The van der Waals surface area contributed by atoms with E-state index < -0.39 is 0 Å². The highest BCUT2D eigenvalue weighted by Gasteiger charge is 2.26. The van der Waals surface area contributed by atoms with Crippen molar-refractivity contribution in [2.24, 2.45) is 5.92 Å². The molecular formula is C13H24N2O. The van der Waals surface area contributed by atoms with Gasteiger partial charge in [0.25, 0.3) is 0 Å². The van der Waals surface area contributed by atoms with Gasteiger partial charge in [-0.2, -0.15) is 0 Å². The fourth-order valence-electron chi connectivity index (χ4n) is 3.00. The smallest absolute Gasteiger partial charge is 0.237 e. The Kier molecular flexibility index (Phi) is 4.22. The van der Waals surface area contributed by atoms with Crippen molar-refractivity contribution < 1.29 is 4.79 Å². The topological polar surface area (TPSA) is 41.1 Å². The molecule has 3 unspecified atom stereocenters. The molecule has 2 aliphatic rings. The lowest BCUT2D eigenvalue weighted by molar-refractivity contribution is -0.123. The molecule has 1 saturated carbocycles. The van der Waals surface area contributed by atoms with E-state index in [1.54, 1.807) is 0 Å². The lowest BCUT2D eigenvalue weighted by Crippen LogP contribution is -2.46. The average molecular weight is 224 g/mol. The van der Waals surface area contributed by atoms with Gasteiger partial charge in [-0.05, 0) is 38.1 Å². The third-order valence-corrected chi connectivity index (χ3v) is 4.08. The van der Waals surface area contributed by atoms with Gasteiger partial charge in [0, 0.05) is 6.04 Å². The van der Waals surface area contributed by atoms with Crippen LogP contribution in [0, 0.1) is 5.92 Å². The highest BCUT2D eigenvalue weighted by Crippen LogP contribution is 2.26. The fraction of sp³-hybridized carbons (Fsp3) is 0.923. The van der Waals surface area contributed by atoms with E-state index in [4.69, 9.17) is 0 Å². The second kappa shape index (κ2) is 5.67. The van der Waals surface area contributed by atoms with Crippen molar-refractivity contribution >= 4 is 5.91 Å². The largest absolute Gasteiger partial charge is 0.352 e. The first kappa shape index (κ1) is 11.9. The summed E-state index contributed by atoms with van der Waals surface area (Å²) in [4.78, 5) is 11.9. The maximum absolute atomic E-state index is 11.9. The molecule has 1 amide bonds. The van der Waals surface area contributed by atoms with Gasteiger partial charge in [0.15, 0.2) is 0 Å². The molecule has 3 nitrogen and oxygen atoms in total. The monoisotopic (exact) mass is 224 g/mol. The molecular weight excluding hydrogens is 200 g/mol. The van der Waals surface area contributed by atoms with Crippen molar-refractivity contribution in [1.29, 1.82) is 0 Å². The van der Waals surface area contributed by atoms with Crippen molar-refractivity contribution in [3.63, 3.8) is 0 Å². The van der Waals surface area contributed by atoms with Crippen LogP contribution in [-0.4, -0.2) is 24.5 Å². The molecule has 1 saturated heterocycles. The molecule has 3 heteroatoms. The van der Waals surface area contributed by atoms with E-state index in [1.807, 2.05) is 0 Å². The molecule has 1 aliphatic carbocycles. The van der Waals surface area contributed by atoms with E-state index in [0.29, 0.717) is 6.04 Å². The maximum atomic E-state index is 11.9. The Bertz CT molecular complexity index is 236. The predicted octanol–water partition coefficient (Wildman–Crippen LogP) is 1.82. The first-order chi connectivity index (χ1) is 7.79. The number of amides is 1. The minimum Gasteiger partial charge on any atom is -0.352 e. The van der Waals surface area contributed by atoms with E-state index in [9.17, 15) is 4.79 Å². The number of carbonyl (C=O) groups excluding carboxylic acids is 1. The normalized spacial score (nSPS) is 34.9. The Morgan fingerprint density at radius 2 is 2.19 bits per heavy atom. The molecule has 0 bridgehead atoms. The van der Waals surface area contributed by atoms with Gasteiger partial charge in [-0.3, -0.25) is 4.79 Å². The van der Waals surface area contributed by atoms with Crippen LogP contribution in [0.2, 0.25) is 0 Å². The van der Waals surface area contributed by atoms with Crippen molar-refractivity contribution in [1.82, 2.24) is 10.6 Å². The van der Waals surface area contributed by atoms with Gasteiger partial charge in [-0.15, -0.1) is 0 Å². The number of carbonyl (C=O) groups is 1. The molecule has 1 heterocycles. The molecule has 2 N–H and O–H groups in total. The van der Waals surface area contributed by atoms with Gasteiger partial charge >= 0.3 is 0 Å². The Balaban J connectivity index is 1.77. The molecule has 0 aromatic heterocycles. The summed E-state index contributed by atoms with van der Waals surface area (Å²) in [6.07, 6.45) is 8.40. The summed E-state index contributed by atoms with van der Waals surface area (Å²) in [7, 11) is 0. The summed E-state index contributed by atoms with van der Waals surface area (Å²) < 4.78 is 0. The molecule has 0 radical (unpaired) electrons. The third-order valence-electron chi connectivity index (χ3n) is 4.08. The first-order valence-corrected chi connectivity index (χ1v) is 6.83. The summed E-state index contributed by atoms with van der Waals surface area (Å²) in [5.74, 6) is 1.06. The second-order valence-corrected chi connectivity index (χ2v) is 5.30. The summed E-state index contributed by atoms with van der Waals surface area (Å²) in [6, 6.07) is 0.524. The van der Waals surface area contributed by atoms with Gasteiger partial charge in [0.1, 0.15) is 0 Å². The SMILES string of the molecule is CCC1CCCC(NC(=O)C2CCCN2)C1. The molecule has 16 heavy (non-hydrogen) atoms. The van der Waals surface area contributed by atoms with Crippen LogP contribution >= 0.6 is 0 Å². The highest BCUT2D eigenvalue weighted by atomic mass is 16.2. The summed E-state index contributed by atoms with van der Waals surface area (Å²) in [5, 5.41) is 6.48. The standard InChI is InChI=1S/C13H24N2O/c1-2-10-5-3-6-11(9-10)15-13(16)12-7-4-8-14-12/h10-12,14H,2-9H2,1H3,(H,15,16). The van der Waals surface area contributed by atoms with E-state index in [2.05, 4.69) is 17.6 Å². The van der Waals surface area contributed by atoms with Crippen LogP contribution in [0.15, 0.2) is 0 Å². The molecule has 0 spiro atoms. The minimum atomic E-state index is 0.0852. The average Bonchev–Trinajstić information content (AvgIpc) is 2.83. The lowest BCUT2D eigenvalue weighted by atomic mass is 9.84. The van der Waals surface area contributed by atoms with E-state index in [0.717, 1.165) is 25.3 Å². The summed E-state index contributed by atoms with van der Waals surface area (Å²) in [5.41, 5.74) is 0. The van der Waals surface area contributed by atoms with Crippen LogP contribution in [-0.2, 0) is 4.79 Å². The maximum Gasteiger partial charge on any atom is 0.237 e. The van der Waals surface area contributed by atoms with Crippen LogP contribution in [0.1, 0.15) is 51.9 Å². The minimum absolute atomic E-state index is 0.0852. The van der Waals surface area contributed by atoms with Gasteiger partial charge in [0.05, 0.1) is 6.04 Å². The van der Waals surface area contributed by atoms with E-state index in [1.165, 1.54) is 32.1 Å². The Morgan fingerprint density at radius 1 is 1.31 bits per heavy atom.